The summed E-state index contributed by atoms with van der Waals surface area (Å²) in [5.41, 5.74) is 1.25. The van der Waals surface area contributed by atoms with Crippen molar-refractivity contribution in [1.82, 2.24) is 9.71 Å². The zero-order valence-electron chi connectivity index (χ0n) is 15.0. The molecule has 0 bridgehead atoms. The number of aromatic nitrogens is 2. The van der Waals surface area contributed by atoms with Gasteiger partial charge < -0.3 is 19.4 Å². The SMILES string of the molecule is COc1cc(-c2nc3c(n2O)C(=O)CC(C)(C)C3)cc(OC)c1OC. The summed E-state index contributed by atoms with van der Waals surface area (Å²) in [5.74, 6) is 1.51. The minimum absolute atomic E-state index is 0.111. The fourth-order valence-electron chi connectivity index (χ4n) is 3.29. The van der Waals surface area contributed by atoms with Gasteiger partial charge in [0.1, 0.15) is 5.69 Å². The molecule has 0 amide bonds. The number of rotatable bonds is 4. The molecule has 0 unspecified atom stereocenters. The molecule has 3 rings (SSSR count). The summed E-state index contributed by atoms with van der Waals surface area (Å²) in [6.07, 6.45) is 1.00. The van der Waals surface area contributed by atoms with Crippen LogP contribution in [-0.4, -0.2) is 42.0 Å². The number of methoxy groups -OCH3 is 3. The average Bonchev–Trinajstić information content (AvgIpc) is 2.88. The molecule has 134 valence electrons. The molecule has 0 fully saturated rings. The average molecular weight is 346 g/mol. The normalized spacial score (nSPS) is 15.6. The van der Waals surface area contributed by atoms with Crippen LogP contribution in [-0.2, 0) is 6.42 Å². The van der Waals surface area contributed by atoms with Crippen molar-refractivity contribution in [3.63, 3.8) is 0 Å². The standard InChI is InChI=1S/C18H22N2O5/c1-18(2)8-11-15(12(21)9-18)20(22)17(19-11)10-6-13(23-3)16(25-5)14(7-10)24-4/h6-7,22H,8-9H2,1-5H3. The zero-order valence-corrected chi connectivity index (χ0v) is 15.0. The Morgan fingerprint density at radius 2 is 1.68 bits per heavy atom. The molecule has 1 N–H and O–H groups in total. The van der Waals surface area contributed by atoms with Crippen LogP contribution in [0.4, 0.5) is 0 Å². The zero-order chi connectivity index (χ0) is 18.4. The van der Waals surface area contributed by atoms with Crippen molar-refractivity contribution < 1.29 is 24.2 Å². The molecule has 2 aromatic rings. The van der Waals surface area contributed by atoms with Gasteiger partial charge >= 0.3 is 0 Å². The van der Waals surface area contributed by atoms with Gasteiger partial charge in [-0.15, -0.1) is 0 Å². The lowest BCUT2D eigenvalue weighted by molar-refractivity contribution is 0.0858. The van der Waals surface area contributed by atoms with Crippen LogP contribution in [0.2, 0.25) is 0 Å². The molecule has 0 radical (unpaired) electrons. The van der Waals surface area contributed by atoms with Gasteiger partial charge in [-0.05, 0) is 24.0 Å². The largest absolute Gasteiger partial charge is 0.493 e. The van der Waals surface area contributed by atoms with E-state index >= 15 is 0 Å². The van der Waals surface area contributed by atoms with E-state index in [0.29, 0.717) is 41.3 Å². The third-order valence-electron chi connectivity index (χ3n) is 4.40. The van der Waals surface area contributed by atoms with Crippen LogP contribution < -0.4 is 14.2 Å². The minimum atomic E-state index is -0.176. The Morgan fingerprint density at radius 1 is 1.08 bits per heavy atom. The highest BCUT2D eigenvalue weighted by Gasteiger charge is 2.36. The van der Waals surface area contributed by atoms with E-state index in [0.717, 1.165) is 4.73 Å². The van der Waals surface area contributed by atoms with Crippen LogP contribution in [0.3, 0.4) is 0 Å². The lowest BCUT2D eigenvalue weighted by Crippen LogP contribution is -2.28. The number of carbonyl (C=O) groups is 1. The molecule has 7 heteroatoms. The van der Waals surface area contributed by atoms with Gasteiger partial charge in [0, 0.05) is 12.0 Å². The van der Waals surface area contributed by atoms with Gasteiger partial charge in [-0.3, -0.25) is 4.79 Å². The van der Waals surface area contributed by atoms with Crippen LogP contribution in [0.15, 0.2) is 12.1 Å². The van der Waals surface area contributed by atoms with Crippen molar-refractivity contribution in [3.05, 3.63) is 23.5 Å². The van der Waals surface area contributed by atoms with E-state index in [9.17, 15) is 10.0 Å². The molecule has 1 aromatic heterocycles. The topological polar surface area (TPSA) is 82.8 Å². The molecule has 1 aliphatic carbocycles. The number of nitrogens with zero attached hydrogens (tertiary/aromatic N) is 2. The number of imidazole rings is 1. The molecule has 7 nitrogen and oxygen atoms in total. The lowest BCUT2D eigenvalue weighted by Gasteiger charge is -2.27. The first-order valence-electron chi connectivity index (χ1n) is 7.95. The van der Waals surface area contributed by atoms with Crippen LogP contribution in [0.25, 0.3) is 11.4 Å². The molecule has 0 aliphatic heterocycles. The molecule has 0 saturated heterocycles. The smallest absolute Gasteiger partial charge is 0.203 e. The number of hydrogen-bond acceptors (Lipinski definition) is 6. The fraction of sp³-hybridized carbons (Fsp3) is 0.444. The minimum Gasteiger partial charge on any atom is -0.493 e. The van der Waals surface area contributed by atoms with Crippen LogP contribution >= 0.6 is 0 Å². The van der Waals surface area contributed by atoms with Gasteiger partial charge in [-0.2, -0.15) is 4.73 Å². The highest BCUT2D eigenvalue weighted by molar-refractivity contribution is 5.97. The Hall–Kier alpha value is -2.70. The van der Waals surface area contributed by atoms with Gasteiger partial charge in [0.05, 0.1) is 27.0 Å². The number of ketones is 1. The quantitative estimate of drug-likeness (QED) is 0.857. The summed E-state index contributed by atoms with van der Waals surface area (Å²) in [5, 5.41) is 10.5. The first-order valence-corrected chi connectivity index (χ1v) is 7.95. The number of ether oxygens (including phenoxy) is 3. The van der Waals surface area contributed by atoms with E-state index < -0.39 is 0 Å². The predicted octanol–water partition coefficient (Wildman–Crippen LogP) is 2.97. The number of carbonyl (C=O) groups excluding carboxylic acids is 1. The van der Waals surface area contributed by atoms with Crippen LogP contribution in [0, 0.1) is 5.41 Å². The molecule has 0 spiro atoms. The van der Waals surface area contributed by atoms with Crippen LogP contribution in [0.5, 0.6) is 17.2 Å². The monoisotopic (exact) mass is 346 g/mol. The highest BCUT2D eigenvalue weighted by Crippen LogP contribution is 2.42. The maximum Gasteiger partial charge on any atom is 0.203 e. The number of fused-ring (bicyclic) bond motifs is 1. The Balaban J connectivity index is 2.17. The first-order chi connectivity index (χ1) is 11.8. The van der Waals surface area contributed by atoms with E-state index in [1.54, 1.807) is 12.1 Å². The van der Waals surface area contributed by atoms with Crippen LogP contribution in [0.1, 0.15) is 36.5 Å². The molecule has 0 atom stereocenters. The van der Waals surface area contributed by atoms with Crippen molar-refractivity contribution in [3.8, 4) is 28.6 Å². The summed E-state index contributed by atoms with van der Waals surface area (Å²) in [4.78, 5) is 16.9. The Labute approximate surface area is 146 Å². The highest BCUT2D eigenvalue weighted by atomic mass is 16.5. The number of benzene rings is 1. The summed E-state index contributed by atoms with van der Waals surface area (Å²) in [7, 11) is 4.56. The Bertz CT molecular complexity index is 813. The van der Waals surface area contributed by atoms with E-state index in [-0.39, 0.29) is 22.7 Å². The maximum absolute atomic E-state index is 12.4. The summed E-state index contributed by atoms with van der Waals surface area (Å²) >= 11 is 0. The second-order valence-electron chi connectivity index (χ2n) is 6.90. The van der Waals surface area contributed by atoms with Gasteiger partial charge in [0.25, 0.3) is 0 Å². The fourth-order valence-corrected chi connectivity index (χ4v) is 3.29. The van der Waals surface area contributed by atoms with Gasteiger partial charge in [-0.1, -0.05) is 13.8 Å². The van der Waals surface area contributed by atoms with Gasteiger partial charge in [-0.25, -0.2) is 4.98 Å². The Kier molecular flexibility index (Phi) is 4.10. The summed E-state index contributed by atoms with van der Waals surface area (Å²) in [6, 6.07) is 3.38. The molecule has 1 aliphatic rings. The molecular weight excluding hydrogens is 324 g/mol. The molecule has 25 heavy (non-hydrogen) atoms. The van der Waals surface area contributed by atoms with Crippen molar-refractivity contribution in [2.45, 2.75) is 26.7 Å². The molecule has 0 saturated carbocycles. The first kappa shape index (κ1) is 17.1. The number of Topliss-reactive ketones (excluding diaryl/α,β-unsaturated/α-hetero) is 1. The molecule has 1 aromatic carbocycles. The number of hydrogen-bond donors (Lipinski definition) is 1. The maximum atomic E-state index is 12.4. The predicted molar refractivity (Wildman–Crippen MR) is 90.9 cm³/mol. The second-order valence-corrected chi connectivity index (χ2v) is 6.90. The third kappa shape index (κ3) is 2.79. The Morgan fingerprint density at radius 3 is 2.20 bits per heavy atom. The van der Waals surface area contributed by atoms with E-state index in [4.69, 9.17) is 14.2 Å². The van der Waals surface area contributed by atoms with E-state index in [1.807, 2.05) is 13.8 Å². The van der Waals surface area contributed by atoms with E-state index in [2.05, 4.69) is 4.98 Å². The van der Waals surface area contributed by atoms with Crippen molar-refractivity contribution in [2.75, 3.05) is 21.3 Å². The lowest BCUT2D eigenvalue weighted by atomic mass is 9.77. The summed E-state index contributed by atoms with van der Waals surface area (Å²) in [6.45, 7) is 4.03. The second kappa shape index (κ2) is 5.98. The van der Waals surface area contributed by atoms with Crippen molar-refractivity contribution in [2.24, 2.45) is 5.41 Å². The van der Waals surface area contributed by atoms with E-state index in [1.165, 1.54) is 21.3 Å². The van der Waals surface area contributed by atoms with Crippen molar-refractivity contribution >= 4 is 5.78 Å². The molecular formula is C18H22N2O5. The molecule has 1 heterocycles. The van der Waals surface area contributed by atoms with Gasteiger partial charge in [0.15, 0.2) is 23.1 Å². The van der Waals surface area contributed by atoms with Crippen molar-refractivity contribution in [1.29, 1.82) is 0 Å². The third-order valence-corrected chi connectivity index (χ3v) is 4.40. The van der Waals surface area contributed by atoms with Gasteiger partial charge in [0.2, 0.25) is 5.75 Å². The summed E-state index contributed by atoms with van der Waals surface area (Å²) < 4.78 is 16.9.